The van der Waals surface area contributed by atoms with Gasteiger partial charge in [0.1, 0.15) is 5.75 Å². The maximum atomic E-state index is 12.7. The zero-order chi connectivity index (χ0) is 18.1. The average Bonchev–Trinajstić information content (AvgIpc) is 2.93. The van der Waals surface area contributed by atoms with Gasteiger partial charge in [0.05, 0.1) is 12.1 Å². The van der Waals surface area contributed by atoms with Crippen molar-refractivity contribution in [3.63, 3.8) is 0 Å². The molecule has 1 fully saturated rings. The number of benzene rings is 2. The van der Waals surface area contributed by atoms with Crippen LogP contribution in [0.4, 0.5) is 0 Å². The fraction of sp³-hybridized carbons (Fsp3) is 0.333. The van der Waals surface area contributed by atoms with E-state index in [1.165, 1.54) is 0 Å². The standard InChI is InChI=1S/C21H21NO4/c1-15-7-2-5-10-18(15)25-13-19(23)22-12-6-11-21(14-22)17-9-4-3-8-16(17)20(24)26-21/h2-5,7-10H,6,11-14H2,1H3. The van der Waals surface area contributed by atoms with Crippen LogP contribution in [0.5, 0.6) is 5.75 Å². The lowest BCUT2D eigenvalue weighted by molar-refractivity contribution is -0.140. The first kappa shape index (κ1) is 16.6. The van der Waals surface area contributed by atoms with Crippen LogP contribution in [0.1, 0.15) is 34.3 Å². The first-order chi connectivity index (χ1) is 12.6. The second-order valence-electron chi connectivity index (χ2n) is 6.90. The number of esters is 1. The van der Waals surface area contributed by atoms with E-state index < -0.39 is 5.60 Å². The number of aryl methyl sites for hydroxylation is 1. The van der Waals surface area contributed by atoms with E-state index in [1.54, 1.807) is 11.0 Å². The number of likely N-dealkylation sites (tertiary alicyclic amines) is 1. The molecule has 0 radical (unpaired) electrons. The van der Waals surface area contributed by atoms with Crippen LogP contribution in [-0.2, 0) is 15.1 Å². The number of piperidine rings is 1. The van der Waals surface area contributed by atoms with Gasteiger partial charge in [-0.1, -0.05) is 36.4 Å². The summed E-state index contributed by atoms with van der Waals surface area (Å²) in [5.74, 6) is 0.323. The minimum atomic E-state index is -0.718. The predicted molar refractivity (Wildman–Crippen MR) is 96.0 cm³/mol. The van der Waals surface area contributed by atoms with Crippen LogP contribution in [-0.4, -0.2) is 36.5 Å². The van der Waals surface area contributed by atoms with Crippen LogP contribution in [0, 0.1) is 6.92 Å². The van der Waals surface area contributed by atoms with Crippen molar-refractivity contribution in [3.05, 3.63) is 65.2 Å². The third-order valence-electron chi connectivity index (χ3n) is 5.18. The summed E-state index contributed by atoms with van der Waals surface area (Å²) in [6.07, 6.45) is 1.52. The van der Waals surface area contributed by atoms with Crippen LogP contribution < -0.4 is 4.74 Å². The second-order valence-corrected chi connectivity index (χ2v) is 6.90. The van der Waals surface area contributed by atoms with Gasteiger partial charge in [-0.25, -0.2) is 4.79 Å². The molecule has 1 spiro atoms. The van der Waals surface area contributed by atoms with Crippen molar-refractivity contribution in [1.29, 1.82) is 0 Å². The maximum absolute atomic E-state index is 12.7. The van der Waals surface area contributed by atoms with E-state index in [1.807, 2.05) is 49.4 Å². The maximum Gasteiger partial charge on any atom is 0.339 e. The molecule has 4 rings (SSSR count). The summed E-state index contributed by atoms with van der Waals surface area (Å²) >= 11 is 0. The Balaban J connectivity index is 1.48. The lowest BCUT2D eigenvalue weighted by Crippen LogP contribution is -2.50. The number of rotatable bonds is 3. The molecule has 1 saturated heterocycles. The van der Waals surface area contributed by atoms with Crippen molar-refractivity contribution in [3.8, 4) is 5.75 Å². The van der Waals surface area contributed by atoms with Gasteiger partial charge in [0.2, 0.25) is 0 Å². The quantitative estimate of drug-likeness (QED) is 0.798. The molecule has 0 aliphatic carbocycles. The van der Waals surface area contributed by atoms with Crippen molar-refractivity contribution in [1.82, 2.24) is 4.90 Å². The van der Waals surface area contributed by atoms with E-state index in [9.17, 15) is 9.59 Å². The van der Waals surface area contributed by atoms with E-state index >= 15 is 0 Å². The summed E-state index contributed by atoms with van der Waals surface area (Å²) in [5.41, 5.74) is 1.78. The lowest BCUT2D eigenvalue weighted by atomic mass is 9.85. The van der Waals surface area contributed by atoms with Gasteiger partial charge in [-0.15, -0.1) is 0 Å². The van der Waals surface area contributed by atoms with Gasteiger partial charge in [-0.05, 0) is 37.5 Å². The molecule has 2 aliphatic heterocycles. The van der Waals surface area contributed by atoms with Crippen molar-refractivity contribution in [2.24, 2.45) is 0 Å². The van der Waals surface area contributed by atoms with Crippen LogP contribution in [0.3, 0.4) is 0 Å². The van der Waals surface area contributed by atoms with Gasteiger partial charge < -0.3 is 14.4 Å². The molecule has 1 atom stereocenters. The molecule has 2 heterocycles. The highest BCUT2D eigenvalue weighted by Gasteiger charge is 2.48. The van der Waals surface area contributed by atoms with Gasteiger partial charge in [0, 0.05) is 12.1 Å². The Morgan fingerprint density at radius 1 is 1.19 bits per heavy atom. The summed E-state index contributed by atoms with van der Waals surface area (Å²) in [6.45, 7) is 2.96. The molecule has 0 bridgehead atoms. The Bertz CT molecular complexity index is 863. The summed E-state index contributed by atoms with van der Waals surface area (Å²) in [4.78, 5) is 26.6. The van der Waals surface area contributed by atoms with E-state index in [0.29, 0.717) is 24.4 Å². The van der Waals surface area contributed by atoms with Gasteiger partial charge in [0.25, 0.3) is 5.91 Å². The molecule has 2 aromatic carbocycles. The fourth-order valence-electron chi connectivity index (χ4n) is 3.83. The topological polar surface area (TPSA) is 55.8 Å². The number of fused-ring (bicyclic) bond motifs is 2. The number of nitrogens with zero attached hydrogens (tertiary/aromatic N) is 1. The lowest BCUT2D eigenvalue weighted by Gasteiger charge is -2.39. The summed E-state index contributed by atoms with van der Waals surface area (Å²) in [7, 11) is 0. The number of hydrogen-bond donors (Lipinski definition) is 0. The molecular weight excluding hydrogens is 330 g/mol. The van der Waals surface area contributed by atoms with Crippen molar-refractivity contribution in [2.75, 3.05) is 19.7 Å². The minimum Gasteiger partial charge on any atom is -0.484 e. The van der Waals surface area contributed by atoms with Crippen LogP contribution in [0.2, 0.25) is 0 Å². The fourth-order valence-corrected chi connectivity index (χ4v) is 3.83. The SMILES string of the molecule is Cc1ccccc1OCC(=O)N1CCCC2(C1)OC(=O)c1ccccc12. The number of hydrogen-bond acceptors (Lipinski definition) is 4. The van der Waals surface area contributed by atoms with Gasteiger partial charge in [-0.3, -0.25) is 4.79 Å². The monoisotopic (exact) mass is 351 g/mol. The van der Waals surface area contributed by atoms with Crippen LogP contribution in [0.15, 0.2) is 48.5 Å². The number of ether oxygens (including phenoxy) is 2. The van der Waals surface area contributed by atoms with Crippen molar-refractivity contribution >= 4 is 11.9 Å². The van der Waals surface area contributed by atoms with Gasteiger partial charge in [0.15, 0.2) is 12.2 Å². The number of carbonyl (C=O) groups is 2. The van der Waals surface area contributed by atoms with Crippen molar-refractivity contribution in [2.45, 2.75) is 25.4 Å². The Morgan fingerprint density at radius 3 is 2.81 bits per heavy atom. The largest absolute Gasteiger partial charge is 0.484 e. The van der Waals surface area contributed by atoms with Gasteiger partial charge >= 0.3 is 5.97 Å². The average molecular weight is 351 g/mol. The Hall–Kier alpha value is -2.82. The van der Waals surface area contributed by atoms with E-state index in [0.717, 1.165) is 24.0 Å². The smallest absolute Gasteiger partial charge is 0.339 e. The third kappa shape index (κ3) is 2.83. The molecule has 134 valence electrons. The second kappa shape index (κ2) is 6.48. The molecule has 2 aromatic rings. The molecule has 2 aliphatic rings. The molecular formula is C21H21NO4. The zero-order valence-corrected chi connectivity index (χ0v) is 14.7. The minimum absolute atomic E-state index is 0.0173. The number of amides is 1. The van der Waals surface area contributed by atoms with Gasteiger partial charge in [-0.2, -0.15) is 0 Å². The highest BCUT2D eigenvalue weighted by Crippen LogP contribution is 2.42. The first-order valence-electron chi connectivity index (χ1n) is 8.88. The number of para-hydroxylation sites is 1. The summed E-state index contributed by atoms with van der Waals surface area (Å²) in [5, 5.41) is 0. The molecule has 0 aromatic heterocycles. The molecule has 1 unspecified atom stereocenters. The van der Waals surface area contributed by atoms with Crippen LogP contribution >= 0.6 is 0 Å². The number of carbonyl (C=O) groups excluding carboxylic acids is 2. The van der Waals surface area contributed by atoms with E-state index in [-0.39, 0.29) is 18.5 Å². The Morgan fingerprint density at radius 2 is 1.96 bits per heavy atom. The molecule has 1 amide bonds. The van der Waals surface area contributed by atoms with E-state index in [2.05, 4.69) is 0 Å². The predicted octanol–water partition coefficient (Wildman–Crippen LogP) is 3.06. The van der Waals surface area contributed by atoms with Crippen molar-refractivity contribution < 1.29 is 19.1 Å². The molecule has 0 saturated carbocycles. The highest BCUT2D eigenvalue weighted by molar-refractivity contribution is 5.95. The highest BCUT2D eigenvalue weighted by atomic mass is 16.6. The van der Waals surface area contributed by atoms with E-state index in [4.69, 9.17) is 9.47 Å². The molecule has 26 heavy (non-hydrogen) atoms. The Kier molecular flexibility index (Phi) is 4.15. The zero-order valence-electron chi connectivity index (χ0n) is 14.7. The normalized spacial score (nSPS) is 21.4. The molecule has 5 nitrogen and oxygen atoms in total. The molecule has 0 N–H and O–H groups in total. The molecule has 5 heteroatoms. The summed E-state index contributed by atoms with van der Waals surface area (Å²) in [6, 6.07) is 15.1. The third-order valence-corrected chi connectivity index (χ3v) is 5.18. The van der Waals surface area contributed by atoms with Crippen LogP contribution in [0.25, 0.3) is 0 Å². The summed E-state index contributed by atoms with van der Waals surface area (Å²) < 4.78 is 11.4. The Labute approximate surface area is 152 Å². The first-order valence-corrected chi connectivity index (χ1v) is 8.88.